The van der Waals surface area contributed by atoms with Gasteiger partial charge in [0.05, 0.1) is 18.5 Å². The first-order chi connectivity index (χ1) is 10.0. The Balaban J connectivity index is 2.16. The predicted molar refractivity (Wildman–Crippen MR) is 78.3 cm³/mol. The van der Waals surface area contributed by atoms with Crippen LogP contribution >= 0.6 is 0 Å². The first-order valence-corrected chi connectivity index (χ1v) is 7.80. The van der Waals surface area contributed by atoms with E-state index in [0.717, 1.165) is 5.56 Å². The molecule has 0 atom stereocenters. The molecule has 21 heavy (non-hydrogen) atoms. The van der Waals surface area contributed by atoms with Crippen molar-refractivity contribution >= 4 is 15.7 Å². The number of pyridine rings is 2. The van der Waals surface area contributed by atoms with Crippen LogP contribution in [-0.2, 0) is 16.6 Å². The minimum absolute atomic E-state index is 0.0754. The van der Waals surface area contributed by atoms with Crippen molar-refractivity contribution < 1.29 is 13.2 Å². The predicted octanol–water partition coefficient (Wildman–Crippen LogP) is 1.13. The zero-order valence-electron chi connectivity index (χ0n) is 11.5. The van der Waals surface area contributed by atoms with Gasteiger partial charge in [-0.15, -0.1) is 0 Å². The lowest BCUT2D eigenvalue weighted by Gasteiger charge is -2.08. The zero-order chi connectivity index (χ0) is 15.3. The number of aromatic nitrogens is 2. The second-order valence-corrected chi connectivity index (χ2v) is 5.76. The highest BCUT2D eigenvalue weighted by atomic mass is 32.2. The van der Waals surface area contributed by atoms with E-state index in [1.54, 1.807) is 18.2 Å². The van der Waals surface area contributed by atoms with Crippen LogP contribution in [0.15, 0.2) is 41.7 Å². The minimum atomic E-state index is -3.75. The summed E-state index contributed by atoms with van der Waals surface area (Å²) in [6, 6.07) is 6.20. The summed E-state index contributed by atoms with van der Waals surface area (Å²) >= 11 is 0. The number of nitrogens with one attached hydrogen (secondary N) is 1. The number of sulfonamides is 1. The Morgan fingerprint density at radius 1 is 1.19 bits per heavy atom. The fourth-order valence-corrected chi connectivity index (χ4v) is 2.55. The zero-order valence-corrected chi connectivity index (χ0v) is 12.3. The standard InChI is InChI=1S/C13H16N4O3S/c1-2-20-12-5-4-11(9-15-12)17-21(18,19)13-6-3-10(7-14)8-16-13/h3-6,8-9,17H,2,7,14H2,1H3. The lowest BCUT2D eigenvalue weighted by Crippen LogP contribution is -2.15. The molecule has 0 fully saturated rings. The Bertz CT molecular complexity index is 684. The first kappa shape index (κ1) is 15.2. The van der Waals surface area contributed by atoms with Crippen molar-refractivity contribution in [2.45, 2.75) is 18.5 Å². The van der Waals surface area contributed by atoms with Gasteiger partial charge in [0.2, 0.25) is 5.88 Å². The summed E-state index contributed by atoms with van der Waals surface area (Å²) in [5.41, 5.74) is 6.54. The van der Waals surface area contributed by atoms with Gasteiger partial charge in [-0.3, -0.25) is 4.72 Å². The lowest BCUT2D eigenvalue weighted by molar-refractivity contribution is 0.327. The van der Waals surface area contributed by atoms with Gasteiger partial charge >= 0.3 is 0 Å². The van der Waals surface area contributed by atoms with E-state index in [0.29, 0.717) is 24.7 Å². The summed E-state index contributed by atoms with van der Waals surface area (Å²) in [5.74, 6) is 0.436. The van der Waals surface area contributed by atoms with Gasteiger partial charge in [-0.2, -0.15) is 8.42 Å². The highest BCUT2D eigenvalue weighted by Crippen LogP contribution is 2.16. The molecule has 8 heteroatoms. The minimum Gasteiger partial charge on any atom is -0.478 e. The molecular weight excluding hydrogens is 292 g/mol. The van der Waals surface area contributed by atoms with Gasteiger partial charge in [0, 0.05) is 18.8 Å². The van der Waals surface area contributed by atoms with Gasteiger partial charge in [0.25, 0.3) is 10.0 Å². The van der Waals surface area contributed by atoms with Gasteiger partial charge < -0.3 is 10.5 Å². The average Bonchev–Trinajstić information content (AvgIpc) is 2.49. The molecule has 7 nitrogen and oxygen atoms in total. The Labute approximate surface area is 123 Å². The quantitative estimate of drug-likeness (QED) is 0.828. The van der Waals surface area contributed by atoms with Gasteiger partial charge in [-0.1, -0.05) is 6.07 Å². The number of nitrogens with zero attached hydrogens (tertiary/aromatic N) is 2. The summed E-state index contributed by atoms with van der Waals surface area (Å²) in [6.45, 7) is 2.65. The normalized spacial score (nSPS) is 11.1. The molecule has 3 N–H and O–H groups in total. The van der Waals surface area contributed by atoms with E-state index in [-0.39, 0.29) is 5.03 Å². The first-order valence-electron chi connectivity index (χ1n) is 6.32. The van der Waals surface area contributed by atoms with Crippen molar-refractivity contribution in [2.24, 2.45) is 5.73 Å². The molecule has 2 aromatic heterocycles. The molecule has 0 unspecified atom stereocenters. The second kappa shape index (κ2) is 6.51. The molecule has 2 aromatic rings. The molecular formula is C13H16N4O3S. The van der Waals surface area contributed by atoms with Gasteiger partial charge in [-0.05, 0) is 24.6 Å². The van der Waals surface area contributed by atoms with Crippen molar-refractivity contribution in [1.29, 1.82) is 0 Å². The molecule has 0 aliphatic carbocycles. The maximum Gasteiger partial charge on any atom is 0.279 e. The molecule has 0 spiro atoms. The van der Waals surface area contributed by atoms with E-state index in [2.05, 4.69) is 14.7 Å². The van der Waals surface area contributed by atoms with E-state index in [4.69, 9.17) is 10.5 Å². The molecule has 2 heterocycles. The van der Waals surface area contributed by atoms with E-state index in [9.17, 15) is 8.42 Å². The summed E-state index contributed by atoms with van der Waals surface area (Å²) in [7, 11) is -3.75. The van der Waals surface area contributed by atoms with Crippen LogP contribution in [0.1, 0.15) is 12.5 Å². The largest absolute Gasteiger partial charge is 0.478 e. The molecule has 2 rings (SSSR count). The molecule has 0 bridgehead atoms. The molecule has 0 amide bonds. The SMILES string of the molecule is CCOc1ccc(NS(=O)(=O)c2ccc(CN)cn2)cn1. The third-order valence-electron chi connectivity index (χ3n) is 2.59. The van der Waals surface area contributed by atoms with Crippen LogP contribution in [0.5, 0.6) is 5.88 Å². The van der Waals surface area contributed by atoms with Crippen molar-refractivity contribution in [3.8, 4) is 5.88 Å². The van der Waals surface area contributed by atoms with Crippen molar-refractivity contribution in [1.82, 2.24) is 9.97 Å². The fraction of sp³-hybridized carbons (Fsp3) is 0.231. The smallest absolute Gasteiger partial charge is 0.279 e. The molecule has 112 valence electrons. The molecule has 0 aliphatic rings. The molecule has 0 radical (unpaired) electrons. The maximum absolute atomic E-state index is 12.1. The average molecular weight is 308 g/mol. The Morgan fingerprint density at radius 3 is 2.52 bits per heavy atom. The van der Waals surface area contributed by atoms with E-state index in [1.807, 2.05) is 6.92 Å². The van der Waals surface area contributed by atoms with Crippen LogP contribution in [0.2, 0.25) is 0 Å². The summed E-state index contributed by atoms with van der Waals surface area (Å²) in [5, 5.41) is -0.0754. The third kappa shape index (κ3) is 3.89. The molecule has 0 saturated carbocycles. The van der Waals surface area contributed by atoms with E-state index in [1.165, 1.54) is 18.5 Å². The monoisotopic (exact) mass is 308 g/mol. The molecule has 0 saturated heterocycles. The number of anilines is 1. The number of nitrogens with two attached hydrogens (primary N) is 1. The van der Waals surface area contributed by atoms with Gasteiger partial charge in [0.1, 0.15) is 0 Å². The summed E-state index contributed by atoms with van der Waals surface area (Å²) < 4.78 is 31.9. The topological polar surface area (TPSA) is 107 Å². The number of ether oxygens (including phenoxy) is 1. The highest BCUT2D eigenvalue weighted by molar-refractivity contribution is 7.92. The Hall–Kier alpha value is -2.19. The van der Waals surface area contributed by atoms with Crippen LogP contribution in [0.3, 0.4) is 0 Å². The van der Waals surface area contributed by atoms with Crippen LogP contribution in [0.25, 0.3) is 0 Å². The van der Waals surface area contributed by atoms with Crippen molar-refractivity contribution in [2.75, 3.05) is 11.3 Å². The van der Waals surface area contributed by atoms with E-state index < -0.39 is 10.0 Å². The summed E-state index contributed by atoms with van der Waals surface area (Å²) in [6.07, 6.45) is 2.82. The second-order valence-electron chi connectivity index (χ2n) is 4.13. The van der Waals surface area contributed by atoms with E-state index >= 15 is 0 Å². The Kier molecular flexibility index (Phi) is 4.71. The fourth-order valence-electron chi connectivity index (χ4n) is 1.57. The van der Waals surface area contributed by atoms with Crippen LogP contribution in [0.4, 0.5) is 5.69 Å². The van der Waals surface area contributed by atoms with Crippen LogP contribution in [0, 0.1) is 0 Å². The number of hydrogen-bond donors (Lipinski definition) is 2. The van der Waals surface area contributed by atoms with Crippen molar-refractivity contribution in [3.63, 3.8) is 0 Å². The number of rotatable bonds is 6. The molecule has 0 aromatic carbocycles. The van der Waals surface area contributed by atoms with Gasteiger partial charge in [-0.25, -0.2) is 9.97 Å². The van der Waals surface area contributed by atoms with Crippen molar-refractivity contribution in [3.05, 3.63) is 42.2 Å². The third-order valence-corrected chi connectivity index (χ3v) is 3.89. The van der Waals surface area contributed by atoms with Crippen LogP contribution < -0.4 is 15.2 Å². The van der Waals surface area contributed by atoms with Gasteiger partial charge in [0.15, 0.2) is 5.03 Å². The lowest BCUT2D eigenvalue weighted by atomic mass is 10.3. The number of hydrogen-bond acceptors (Lipinski definition) is 6. The van der Waals surface area contributed by atoms with Crippen LogP contribution in [-0.4, -0.2) is 25.0 Å². The molecule has 0 aliphatic heterocycles. The highest BCUT2D eigenvalue weighted by Gasteiger charge is 2.15. The maximum atomic E-state index is 12.1. The summed E-state index contributed by atoms with van der Waals surface area (Å²) in [4.78, 5) is 7.88. The Morgan fingerprint density at radius 2 is 2.00 bits per heavy atom.